The van der Waals surface area contributed by atoms with Crippen LogP contribution in [0.1, 0.15) is 150 Å². The summed E-state index contributed by atoms with van der Waals surface area (Å²) in [7, 11) is 0. The summed E-state index contributed by atoms with van der Waals surface area (Å²) in [6.45, 7) is 3.98. The highest BCUT2D eigenvalue weighted by molar-refractivity contribution is 9.09. The van der Waals surface area contributed by atoms with Gasteiger partial charge in [-0.15, -0.1) is 11.3 Å². The van der Waals surface area contributed by atoms with Crippen molar-refractivity contribution in [1.82, 2.24) is 15.6 Å². The number of benzene rings is 2. The molecule has 0 unspecified atom stereocenters. The largest absolute Gasteiger partial charge is 0.508 e. The number of Topliss-reactive ketones (excluding diaryl/α,β-unsaturated/α-hetero) is 1. The zero-order valence-electron chi connectivity index (χ0n) is 40.8. The maximum Gasteiger partial charge on any atom is 0.229 e. The van der Waals surface area contributed by atoms with Gasteiger partial charge in [-0.05, 0) is 131 Å². The lowest BCUT2D eigenvalue weighted by Crippen LogP contribution is -2.39. The third-order valence-electron chi connectivity index (χ3n) is 12.1. The summed E-state index contributed by atoms with van der Waals surface area (Å²) in [5.74, 6) is 0.703. The highest BCUT2D eigenvalue weighted by Crippen LogP contribution is 2.34. The molecule has 0 spiro atoms. The zero-order chi connectivity index (χ0) is 52.9. The number of hydrogen-bond donors (Lipinski definition) is 9. The fourth-order valence-electron chi connectivity index (χ4n) is 8.47. The minimum absolute atomic E-state index is 0.000000000000000222. The molecule has 392 valence electrons. The molecular formula is C50H72BrClN8O7S4. The number of aryl methyl sites for hydroxylation is 2. The van der Waals surface area contributed by atoms with Crippen LogP contribution in [0, 0.1) is 37.5 Å². The van der Waals surface area contributed by atoms with Crippen LogP contribution < -0.4 is 38.9 Å². The summed E-state index contributed by atoms with van der Waals surface area (Å²) in [5, 5.41) is 29.8. The smallest absolute Gasteiger partial charge is 0.229 e. The van der Waals surface area contributed by atoms with E-state index in [-0.39, 0.29) is 79.3 Å². The van der Waals surface area contributed by atoms with Crippen molar-refractivity contribution in [2.45, 2.75) is 142 Å². The van der Waals surface area contributed by atoms with Crippen molar-refractivity contribution in [1.29, 1.82) is 0 Å². The second-order valence-electron chi connectivity index (χ2n) is 17.9. The van der Waals surface area contributed by atoms with Gasteiger partial charge in [0.2, 0.25) is 23.0 Å². The zero-order valence-corrected chi connectivity index (χ0v) is 46.4. The average molecular weight is 1140 g/mol. The third kappa shape index (κ3) is 26.3. The number of hydrogen-bond acceptors (Lipinski definition) is 12. The van der Waals surface area contributed by atoms with E-state index in [0.29, 0.717) is 21.7 Å². The van der Waals surface area contributed by atoms with Gasteiger partial charge in [0.25, 0.3) is 0 Å². The Morgan fingerprint density at radius 3 is 1.45 bits per heavy atom. The number of thiazole rings is 1. The average Bonchev–Trinajstić information content (AvgIpc) is 3.80. The van der Waals surface area contributed by atoms with Crippen molar-refractivity contribution in [2.24, 2.45) is 46.6 Å². The van der Waals surface area contributed by atoms with Gasteiger partial charge in [0, 0.05) is 46.2 Å². The number of nitrogens with one attached hydrogen (secondary N) is 3. The topological polar surface area (TPSA) is 279 Å². The Bertz CT molecular complexity index is 2170. The van der Waals surface area contributed by atoms with E-state index < -0.39 is 0 Å². The van der Waals surface area contributed by atoms with Crippen molar-refractivity contribution >= 4 is 125 Å². The number of carbonyl (C=O) groups is 5. The number of rotatable bonds is 8. The standard InChI is InChI=1S/C16H18N2O3S.C10H11BrO.2C8H14N2OS.C7H11ClO.CH4N2S/c19-11-6-7-12(14(20)8-11)13-9-22-16(17-13)18-15(21)10-4-2-1-3-5-10;1-7-3-4-9(8(2)5-7)10(12)6-11;2*9-8(12)10-7(11)6-4-2-1-3-5-6;8-7(9)6-4-2-1-3-5-6;2-1(3)4/h6-10,19-20H,1-5H2,(H,17,18,21);3-5H,6H2,1-2H3;2*6H,1-5H2,(H3,9,10,11,12);6H,1-5H2;(H4,2,3,4). The lowest BCUT2D eigenvalue weighted by molar-refractivity contribution is -0.125. The van der Waals surface area contributed by atoms with Crippen molar-refractivity contribution in [2.75, 3.05) is 10.6 Å². The van der Waals surface area contributed by atoms with E-state index in [0.717, 1.165) is 101 Å². The van der Waals surface area contributed by atoms with E-state index in [4.69, 9.17) is 23.1 Å². The second kappa shape index (κ2) is 34.9. The van der Waals surface area contributed by atoms with Crippen LogP contribution in [0.15, 0.2) is 41.8 Å². The van der Waals surface area contributed by atoms with Crippen LogP contribution in [0.5, 0.6) is 11.5 Å². The molecule has 1 aromatic heterocycles. The Morgan fingerprint density at radius 2 is 1.08 bits per heavy atom. The predicted molar refractivity (Wildman–Crippen MR) is 302 cm³/mol. The molecule has 2 aromatic carbocycles. The summed E-state index contributed by atoms with van der Waals surface area (Å²) >= 11 is 23.1. The lowest BCUT2D eigenvalue weighted by Gasteiger charge is -2.19. The number of carbonyl (C=O) groups excluding carboxylic acids is 5. The quantitative estimate of drug-likeness (QED) is 0.0439. The Labute approximate surface area is 452 Å². The normalized spacial score (nSPS) is 15.9. The maximum atomic E-state index is 12.2. The molecule has 4 fully saturated rings. The van der Waals surface area contributed by atoms with E-state index in [1.165, 1.54) is 67.6 Å². The number of nitrogens with zero attached hydrogens (tertiary/aromatic N) is 1. The van der Waals surface area contributed by atoms with Gasteiger partial charge in [-0.1, -0.05) is 117 Å². The van der Waals surface area contributed by atoms with Crippen LogP contribution in [0.2, 0.25) is 0 Å². The number of ketones is 1. The Morgan fingerprint density at radius 1 is 0.662 bits per heavy atom. The van der Waals surface area contributed by atoms with E-state index >= 15 is 0 Å². The van der Waals surface area contributed by atoms with E-state index in [9.17, 15) is 34.2 Å². The fraction of sp³-hybridized carbons (Fsp3) is 0.540. The number of thiocarbonyl (C=S) groups is 3. The van der Waals surface area contributed by atoms with Gasteiger partial charge in [0.15, 0.2) is 26.3 Å². The molecule has 21 heteroatoms. The summed E-state index contributed by atoms with van der Waals surface area (Å²) in [5.41, 5.74) is 23.8. The highest BCUT2D eigenvalue weighted by Gasteiger charge is 2.24. The number of phenolic OH excluding ortho intramolecular Hbond substituents is 2. The first-order chi connectivity index (χ1) is 33.7. The molecule has 71 heavy (non-hydrogen) atoms. The first-order valence-corrected chi connectivity index (χ1v) is 27.7. The highest BCUT2D eigenvalue weighted by atomic mass is 79.9. The number of anilines is 1. The van der Waals surface area contributed by atoms with Crippen LogP contribution in [-0.4, -0.2) is 64.6 Å². The van der Waals surface area contributed by atoms with Crippen LogP contribution >= 0.6 is 75.5 Å². The molecule has 1 heterocycles. The summed E-state index contributed by atoms with van der Waals surface area (Å²) in [4.78, 5) is 61.1. The van der Waals surface area contributed by atoms with Crippen LogP contribution in [0.3, 0.4) is 0 Å². The number of nitrogens with two attached hydrogens (primary N) is 4. The molecule has 13 N–H and O–H groups in total. The van der Waals surface area contributed by atoms with E-state index in [1.54, 1.807) is 11.4 Å². The molecule has 0 atom stereocenters. The van der Waals surface area contributed by atoms with Crippen molar-refractivity contribution in [3.8, 4) is 22.8 Å². The SMILES string of the molecule is Cc1ccc(C(=O)CBr)c(C)c1.NC(=S)NC(=O)C1CCCCC1.NC(=S)NC(=O)C1CCCCC1.NC(N)=S.O=C(Cl)C1CCCCC1.O=C(Nc1nc(-c2ccc(O)cc2O)cs1)C1CCCCC1. The second-order valence-corrected chi connectivity index (χ2v) is 21.0. The van der Waals surface area contributed by atoms with Crippen LogP contribution in [0.4, 0.5) is 5.13 Å². The molecule has 4 aliphatic carbocycles. The predicted octanol–water partition coefficient (Wildman–Crippen LogP) is 9.99. The number of aromatic nitrogens is 1. The Hall–Kier alpha value is -4.34. The molecule has 0 saturated heterocycles. The first kappa shape index (κ1) is 62.8. The molecular weight excluding hydrogens is 1070 g/mol. The van der Waals surface area contributed by atoms with Crippen molar-refractivity contribution in [3.05, 3.63) is 58.5 Å². The third-order valence-corrected chi connectivity index (χ3v) is 13.9. The number of phenols is 2. The summed E-state index contributed by atoms with van der Waals surface area (Å²) < 4.78 is 0. The number of amides is 3. The van der Waals surface area contributed by atoms with Crippen LogP contribution in [-0.2, 0) is 19.2 Å². The number of aromatic hydroxyl groups is 2. The van der Waals surface area contributed by atoms with Gasteiger partial charge in [0.1, 0.15) is 11.5 Å². The van der Waals surface area contributed by atoms with Gasteiger partial charge >= 0.3 is 0 Å². The first-order valence-electron chi connectivity index (χ1n) is 24.1. The maximum absolute atomic E-state index is 12.2. The minimum atomic E-state index is -0.130. The molecule has 0 aliphatic heterocycles. The molecule has 7 rings (SSSR count). The number of halogens is 2. The van der Waals surface area contributed by atoms with Gasteiger partial charge in [-0.2, -0.15) is 0 Å². The van der Waals surface area contributed by atoms with Gasteiger partial charge in [-0.25, -0.2) is 4.98 Å². The molecule has 4 saturated carbocycles. The van der Waals surface area contributed by atoms with Crippen molar-refractivity contribution < 1.29 is 34.2 Å². The molecule has 3 aromatic rings. The molecule has 0 bridgehead atoms. The molecule has 15 nitrogen and oxygen atoms in total. The summed E-state index contributed by atoms with van der Waals surface area (Å²) in [6.07, 6.45) is 22.0. The molecule has 4 aliphatic rings. The summed E-state index contributed by atoms with van der Waals surface area (Å²) in [6, 6.07) is 10.2. The van der Waals surface area contributed by atoms with Gasteiger partial charge in [0.05, 0.1) is 11.0 Å². The van der Waals surface area contributed by atoms with E-state index in [1.807, 2.05) is 32.0 Å². The molecule has 3 amide bonds. The van der Waals surface area contributed by atoms with E-state index in [2.05, 4.69) is 85.0 Å². The lowest BCUT2D eigenvalue weighted by atomic mass is 9.89. The van der Waals surface area contributed by atoms with Gasteiger partial charge < -0.3 is 49.1 Å². The van der Waals surface area contributed by atoms with Crippen LogP contribution in [0.25, 0.3) is 11.3 Å². The van der Waals surface area contributed by atoms with Gasteiger partial charge in [-0.3, -0.25) is 24.0 Å². The Balaban J connectivity index is 0.000000310. The number of alkyl halides is 1. The van der Waals surface area contributed by atoms with Crippen molar-refractivity contribution in [3.63, 3.8) is 0 Å². The fourth-order valence-corrected chi connectivity index (χ4v) is 9.90. The molecule has 0 radical (unpaired) electrons. The monoisotopic (exact) mass is 1140 g/mol. The minimum Gasteiger partial charge on any atom is -0.508 e. The Kier molecular flexibility index (Phi) is 30.9.